The van der Waals surface area contributed by atoms with Crippen molar-refractivity contribution in [1.29, 1.82) is 0 Å². The van der Waals surface area contributed by atoms with Gasteiger partial charge < -0.3 is 15.2 Å². The van der Waals surface area contributed by atoms with Gasteiger partial charge in [0.25, 0.3) is 15.9 Å². The number of hydrogen-bond acceptors (Lipinski definition) is 6. The summed E-state index contributed by atoms with van der Waals surface area (Å²) in [5.74, 6) is -1.07. The molecule has 3 aromatic rings. The predicted octanol–water partition coefficient (Wildman–Crippen LogP) is 2.71. The second-order valence-electron chi connectivity index (χ2n) is 6.47. The lowest BCUT2D eigenvalue weighted by atomic mass is 10.2. The van der Waals surface area contributed by atoms with Crippen LogP contribution in [0.4, 0.5) is 5.69 Å². The highest BCUT2D eigenvalue weighted by atomic mass is 32.2. The maximum atomic E-state index is 12.7. The molecule has 31 heavy (non-hydrogen) atoms. The molecule has 0 aliphatic rings. The summed E-state index contributed by atoms with van der Waals surface area (Å²) >= 11 is 0. The van der Waals surface area contributed by atoms with Crippen LogP contribution in [0, 0.1) is 0 Å². The first-order valence-corrected chi connectivity index (χ1v) is 10.7. The number of nitrogens with one attached hydrogen (secondary N) is 1. The highest BCUT2D eigenvalue weighted by Crippen LogP contribution is 2.21. The number of ether oxygens (including phenoxy) is 2. The Morgan fingerprint density at radius 2 is 1.61 bits per heavy atom. The Morgan fingerprint density at radius 1 is 0.903 bits per heavy atom. The number of esters is 1. The van der Waals surface area contributed by atoms with Gasteiger partial charge in [-0.3, -0.25) is 9.52 Å². The Kier molecular flexibility index (Phi) is 6.88. The molecule has 0 radical (unpaired) electrons. The number of primary amides is 1. The SMILES string of the molecule is NC(=O)COC(=O)c1cccc(S(=O)(=O)Nc2ccc(OCc3ccccc3)cc2)c1. The summed E-state index contributed by atoms with van der Waals surface area (Å²) < 4.78 is 38.2. The third kappa shape index (κ3) is 6.31. The van der Waals surface area contributed by atoms with Gasteiger partial charge in [-0.1, -0.05) is 36.4 Å². The average Bonchev–Trinajstić information content (AvgIpc) is 2.77. The summed E-state index contributed by atoms with van der Waals surface area (Å²) in [4.78, 5) is 22.5. The topological polar surface area (TPSA) is 125 Å². The third-order valence-corrected chi connectivity index (χ3v) is 5.46. The van der Waals surface area contributed by atoms with Crippen LogP contribution in [-0.4, -0.2) is 26.9 Å². The van der Waals surface area contributed by atoms with Crippen LogP contribution in [0.2, 0.25) is 0 Å². The van der Waals surface area contributed by atoms with E-state index in [-0.39, 0.29) is 10.5 Å². The molecule has 0 aliphatic heterocycles. The fourth-order valence-electron chi connectivity index (χ4n) is 2.58. The van der Waals surface area contributed by atoms with Crippen LogP contribution in [0.5, 0.6) is 5.75 Å². The van der Waals surface area contributed by atoms with Gasteiger partial charge in [0.2, 0.25) is 0 Å². The third-order valence-electron chi connectivity index (χ3n) is 4.08. The molecule has 0 spiro atoms. The Labute approximate surface area is 179 Å². The first-order chi connectivity index (χ1) is 14.8. The van der Waals surface area contributed by atoms with Crippen LogP contribution >= 0.6 is 0 Å². The van der Waals surface area contributed by atoms with Crippen LogP contribution in [0.3, 0.4) is 0 Å². The van der Waals surface area contributed by atoms with E-state index in [1.54, 1.807) is 24.3 Å². The van der Waals surface area contributed by atoms with E-state index in [0.717, 1.165) is 11.6 Å². The molecule has 3 aromatic carbocycles. The molecule has 0 saturated carbocycles. The van der Waals surface area contributed by atoms with Crippen molar-refractivity contribution in [2.75, 3.05) is 11.3 Å². The zero-order valence-electron chi connectivity index (χ0n) is 16.4. The minimum atomic E-state index is -3.96. The van der Waals surface area contributed by atoms with Gasteiger partial charge in [0.05, 0.1) is 10.5 Å². The van der Waals surface area contributed by atoms with E-state index >= 15 is 0 Å². The summed E-state index contributed by atoms with van der Waals surface area (Å²) in [5, 5.41) is 0. The Bertz CT molecular complexity index is 1160. The fourth-order valence-corrected chi connectivity index (χ4v) is 3.69. The quantitative estimate of drug-likeness (QED) is 0.493. The van der Waals surface area contributed by atoms with E-state index in [9.17, 15) is 18.0 Å². The molecule has 160 valence electrons. The lowest BCUT2D eigenvalue weighted by molar-refractivity contribution is -0.121. The van der Waals surface area contributed by atoms with Crippen molar-refractivity contribution in [2.24, 2.45) is 5.73 Å². The van der Waals surface area contributed by atoms with Crippen molar-refractivity contribution in [3.8, 4) is 5.75 Å². The molecule has 0 aromatic heterocycles. The monoisotopic (exact) mass is 440 g/mol. The molecule has 0 bridgehead atoms. The fraction of sp³-hybridized carbons (Fsp3) is 0.0909. The molecule has 8 nitrogen and oxygen atoms in total. The van der Waals surface area contributed by atoms with Gasteiger partial charge in [0.1, 0.15) is 12.4 Å². The Balaban J connectivity index is 1.65. The first-order valence-electron chi connectivity index (χ1n) is 9.18. The standard InChI is InChI=1S/C22H20N2O6S/c23-21(25)15-30-22(26)17-7-4-8-20(13-17)31(27,28)24-18-9-11-19(12-10-18)29-14-16-5-2-1-3-6-16/h1-13,24H,14-15H2,(H2,23,25). The van der Waals surface area contributed by atoms with E-state index in [0.29, 0.717) is 18.0 Å². The number of anilines is 1. The summed E-state index contributed by atoms with van der Waals surface area (Å²) in [6.07, 6.45) is 0. The second-order valence-corrected chi connectivity index (χ2v) is 8.16. The predicted molar refractivity (Wildman–Crippen MR) is 114 cm³/mol. The lowest BCUT2D eigenvalue weighted by Crippen LogP contribution is -2.21. The molecule has 0 aliphatic carbocycles. The summed E-state index contributed by atoms with van der Waals surface area (Å²) in [6, 6.07) is 21.4. The smallest absolute Gasteiger partial charge is 0.338 e. The van der Waals surface area contributed by atoms with E-state index in [1.165, 1.54) is 18.2 Å². The van der Waals surface area contributed by atoms with E-state index in [1.807, 2.05) is 30.3 Å². The van der Waals surface area contributed by atoms with Gasteiger partial charge in [-0.2, -0.15) is 0 Å². The van der Waals surface area contributed by atoms with Crippen LogP contribution in [0.25, 0.3) is 0 Å². The highest BCUT2D eigenvalue weighted by molar-refractivity contribution is 7.92. The first kappa shape index (κ1) is 21.8. The van der Waals surface area contributed by atoms with Crippen molar-refractivity contribution in [2.45, 2.75) is 11.5 Å². The van der Waals surface area contributed by atoms with Crippen molar-refractivity contribution in [3.63, 3.8) is 0 Å². The number of hydrogen-bond donors (Lipinski definition) is 2. The normalized spacial score (nSPS) is 10.8. The molecule has 0 heterocycles. The van der Waals surface area contributed by atoms with E-state index < -0.39 is 28.5 Å². The zero-order chi connectivity index (χ0) is 22.3. The highest BCUT2D eigenvalue weighted by Gasteiger charge is 2.17. The molecule has 9 heteroatoms. The van der Waals surface area contributed by atoms with Gasteiger partial charge >= 0.3 is 5.97 Å². The average molecular weight is 440 g/mol. The van der Waals surface area contributed by atoms with Gasteiger partial charge in [-0.15, -0.1) is 0 Å². The molecule has 0 saturated heterocycles. The summed E-state index contributed by atoms with van der Waals surface area (Å²) in [5.41, 5.74) is 6.26. The molecule has 0 atom stereocenters. The minimum Gasteiger partial charge on any atom is -0.489 e. The summed E-state index contributed by atoms with van der Waals surface area (Å²) in [6.45, 7) is -0.197. The number of carbonyl (C=O) groups is 2. The molecule has 3 N–H and O–H groups in total. The number of amides is 1. The van der Waals surface area contributed by atoms with Crippen molar-refractivity contribution < 1.29 is 27.5 Å². The number of benzene rings is 3. The van der Waals surface area contributed by atoms with E-state index in [4.69, 9.17) is 15.2 Å². The van der Waals surface area contributed by atoms with Crippen LogP contribution < -0.4 is 15.2 Å². The lowest BCUT2D eigenvalue weighted by Gasteiger charge is -2.11. The molecule has 1 amide bonds. The second kappa shape index (κ2) is 9.77. The van der Waals surface area contributed by atoms with Crippen molar-refractivity contribution >= 4 is 27.6 Å². The maximum Gasteiger partial charge on any atom is 0.338 e. The van der Waals surface area contributed by atoms with Gasteiger partial charge in [-0.05, 0) is 48.0 Å². The molecule has 3 rings (SSSR count). The van der Waals surface area contributed by atoms with Crippen molar-refractivity contribution in [1.82, 2.24) is 0 Å². The van der Waals surface area contributed by atoms with E-state index in [2.05, 4.69) is 4.72 Å². The molecular weight excluding hydrogens is 420 g/mol. The van der Waals surface area contributed by atoms with Crippen molar-refractivity contribution in [3.05, 3.63) is 90.0 Å². The molecule has 0 unspecified atom stereocenters. The van der Waals surface area contributed by atoms with Crippen LogP contribution in [-0.2, 0) is 26.2 Å². The van der Waals surface area contributed by atoms with Crippen LogP contribution in [0.15, 0.2) is 83.8 Å². The maximum absolute atomic E-state index is 12.7. The molecule has 0 fully saturated rings. The number of sulfonamides is 1. The largest absolute Gasteiger partial charge is 0.489 e. The summed E-state index contributed by atoms with van der Waals surface area (Å²) in [7, 11) is -3.96. The Morgan fingerprint density at radius 3 is 2.29 bits per heavy atom. The number of rotatable bonds is 9. The van der Waals surface area contributed by atoms with Gasteiger partial charge in [0, 0.05) is 5.69 Å². The number of nitrogens with two attached hydrogens (primary N) is 1. The zero-order valence-corrected chi connectivity index (χ0v) is 17.2. The van der Waals surface area contributed by atoms with Gasteiger partial charge in [-0.25, -0.2) is 13.2 Å². The minimum absolute atomic E-state index is 0.0196. The molecular formula is C22H20N2O6S. The van der Waals surface area contributed by atoms with Crippen LogP contribution in [0.1, 0.15) is 15.9 Å². The number of carbonyl (C=O) groups excluding carboxylic acids is 2. The Hall–Kier alpha value is -3.85. The van der Waals surface area contributed by atoms with Gasteiger partial charge in [0.15, 0.2) is 6.61 Å².